The number of phenolic OH excluding ortho intramolecular Hbond substituents is 1. The van der Waals surface area contributed by atoms with Crippen molar-refractivity contribution in [2.24, 2.45) is 0 Å². The lowest BCUT2D eigenvalue weighted by Crippen LogP contribution is -2.12. The molecule has 0 spiro atoms. The molecule has 0 fully saturated rings. The molecule has 0 bridgehead atoms. The predicted molar refractivity (Wildman–Crippen MR) is 96.2 cm³/mol. The van der Waals surface area contributed by atoms with Gasteiger partial charge in [0.15, 0.2) is 0 Å². The molecule has 0 aliphatic carbocycles. The predicted octanol–water partition coefficient (Wildman–Crippen LogP) is 4.66. The summed E-state index contributed by atoms with van der Waals surface area (Å²) < 4.78 is 0. The molecule has 3 rings (SSSR count). The van der Waals surface area contributed by atoms with Crippen LogP contribution >= 0.6 is 24.2 Å². The maximum atomic E-state index is 9.82. The lowest BCUT2D eigenvalue weighted by atomic mass is 9.96. The molecule has 4 heteroatoms. The molecule has 1 heterocycles. The van der Waals surface area contributed by atoms with E-state index in [4.69, 9.17) is 0 Å². The summed E-state index contributed by atoms with van der Waals surface area (Å²) >= 11 is 1.77. The quantitative estimate of drug-likeness (QED) is 0.754. The van der Waals surface area contributed by atoms with Crippen LogP contribution in [0.15, 0.2) is 58.3 Å². The summed E-state index contributed by atoms with van der Waals surface area (Å²) in [7, 11) is 4.17. The van der Waals surface area contributed by atoms with E-state index in [0.29, 0.717) is 5.75 Å². The average Bonchev–Trinajstić information content (AvgIpc) is 2.46. The molecule has 0 radical (unpaired) electrons. The number of phenols is 1. The standard InChI is InChI=1S/C18H19NOS.ClH/c1-19(2)11-5-7-14-15-6-3-4-8-17(15)21-18-10-9-13(20)12-16(14)18;/h3-4,6-10,12,20H,5,11H2,1-2H3;1H/b14-7+;. The Morgan fingerprint density at radius 2 is 1.77 bits per heavy atom. The maximum absolute atomic E-state index is 9.82. The van der Waals surface area contributed by atoms with Crippen LogP contribution < -0.4 is 0 Å². The molecule has 2 nitrogen and oxygen atoms in total. The van der Waals surface area contributed by atoms with Crippen LogP contribution in [-0.4, -0.2) is 30.6 Å². The summed E-state index contributed by atoms with van der Waals surface area (Å²) in [5.41, 5.74) is 3.63. The van der Waals surface area contributed by atoms with Gasteiger partial charge in [-0.05, 0) is 61.5 Å². The smallest absolute Gasteiger partial charge is 0.116 e. The molecule has 2 aromatic rings. The molecule has 2 aromatic carbocycles. The van der Waals surface area contributed by atoms with E-state index >= 15 is 0 Å². The van der Waals surface area contributed by atoms with Crippen molar-refractivity contribution in [3.8, 4) is 5.75 Å². The van der Waals surface area contributed by atoms with E-state index in [0.717, 1.165) is 18.5 Å². The van der Waals surface area contributed by atoms with Gasteiger partial charge in [-0.1, -0.05) is 36.0 Å². The number of aromatic hydroxyl groups is 1. The Hall–Kier alpha value is -1.42. The van der Waals surface area contributed by atoms with Gasteiger partial charge in [0.25, 0.3) is 0 Å². The van der Waals surface area contributed by atoms with Crippen LogP contribution in [0.3, 0.4) is 0 Å². The third kappa shape index (κ3) is 3.49. The molecule has 116 valence electrons. The van der Waals surface area contributed by atoms with Crippen molar-refractivity contribution in [3.05, 3.63) is 59.7 Å². The van der Waals surface area contributed by atoms with Gasteiger partial charge in [-0.25, -0.2) is 0 Å². The van der Waals surface area contributed by atoms with Gasteiger partial charge >= 0.3 is 0 Å². The van der Waals surface area contributed by atoms with E-state index in [-0.39, 0.29) is 12.4 Å². The van der Waals surface area contributed by atoms with Crippen LogP contribution in [0.2, 0.25) is 0 Å². The fourth-order valence-corrected chi connectivity index (χ4v) is 3.63. The van der Waals surface area contributed by atoms with Crippen molar-refractivity contribution in [2.45, 2.75) is 16.2 Å². The van der Waals surface area contributed by atoms with Gasteiger partial charge in [-0.2, -0.15) is 0 Å². The van der Waals surface area contributed by atoms with Gasteiger partial charge in [-0.15, -0.1) is 12.4 Å². The lowest BCUT2D eigenvalue weighted by Gasteiger charge is -2.22. The minimum Gasteiger partial charge on any atom is -0.508 e. The van der Waals surface area contributed by atoms with Gasteiger partial charge in [0.05, 0.1) is 0 Å². The maximum Gasteiger partial charge on any atom is 0.116 e. The molecule has 22 heavy (non-hydrogen) atoms. The number of nitrogens with zero attached hydrogens (tertiary/aromatic N) is 1. The van der Waals surface area contributed by atoms with Crippen LogP contribution in [0.4, 0.5) is 0 Å². The lowest BCUT2D eigenvalue weighted by molar-refractivity contribution is 0.417. The van der Waals surface area contributed by atoms with E-state index in [1.807, 2.05) is 12.1 Å². The van der Waals surface area contributed by atoms with Crippen molar-refractivity contribution in [3.63, 3.8) is 0 Å². The summed E-state index contributed by atoms with van der Waals surface area (Å²) in [4.78, 5) is 4.68. The van der Waals surface area contributed by atoms with Crippen molar-refractivity contribution in [1.82, 2.24) is 4.90 Å². The molecule has 0 atom stereocenters. The van der Waals surface area contributed by atoms with Crippen molar-refractivity contribution < 1.29 is 5.11 Å². The first kappa shape index (κ1) is 16.9. The second-order valence-corrected chi connectivity index (χ2v) is 6.57. The van der Waals surface area contributed by atoms with Crippen LogP contribution in [0.1, 0.15) is 17.5 Å². The molecule has 0 unspecified atom stereocenters. The van der Waals surface area contributed by atoms with E-state index in [2.05, 4.69) is 49.3 Å². The van der Waals surface area contributed by atoms with E-state index in [1.54, 1.807) is 17.8 Å². The summed E-state index contributed by atoms with van der Waals surface area (Å²) in [5.74, 6) is 0.326. The molecule has 1 N–H and O–H groups in total. The Morgan fingerprint density at radius 3 is 2.55 bits per heavy atom. The number of hydrogen-bond acceptors (Lipinski definition) is 3. The fourth-order valence-electron chi connectivity index (χ4n) is 2.55. The zero-order valence-corrected chi connectivity index (χ0v) is 14.4. The number of halogens is 1. The topological polar surface area (TPSA) is 23.5 Å². The monoisotopic (exact) mass is 333 g/mol. The Labute approximate surface area is 142 Å². The molecular weight excluding hydrogens is 314 g/mol. The van der Waals surface area contributed by atoms with Crippen molar-refractivity contribution in [1.29, 1.82) is 0 Å². The van der Waals surface area contributed by atoms with Crippen molar-refractivity contribution in [2.75, 3.05) is 20.6 Å². The first-order valence-corrected chi connectivity index (χ1v) is 7.92. The highest BCUT2D eigenvalue weighted by Gasteiger charge is 2.20. The normalized spacial score (nSPS) is 14.4. The number of rotatable bonds is 3. The molecule has 0 amide bonds. The minimum absolute atomic E-state index is 0. The third-order valence-corrected chi connectivity index (χ3v) is 4.73. The minimum atomic E-state index is 0. The molecular formula is C18H20ClNOS. The van der Waals surface area contributed by atoms with Crippen LogP contribution in [-0.2, 0) is 0 Å². The number of fused-ring (bicyclic) bond motifs is 2. The zero-order valence-electron chi connectivity index (χ0n) is 12.7. The molecule has 0 aromatic heterocycles. The fraction of sp³-hybridized carbons (Fsp3) is 0.222. The van der Waals surface area contributed by atoms with Crippen LogP contribution in [0.5, 0.6) is 5.75 Å². The van der Waals surface area contributed by atoms with Gasteiger partial charge in [0.2, 0.25) is 0 Å². The summed E-state index contributed by atoms with van der Waals surface area (Å²) in [6.07, 6.45) is 3.28. The van der Waals surface area contributed by atoms with Crippen molar-refractivity contribution >= 4 is 29.7 Å². The summed E-state index contributed by atoms with van der Waals surface area (Å²) in [5, 5.41) is 9.82. The zero-order chi connectivity index (χ0) is 14.8. The van der Waals surface area contributed by atoms with Gasteiger partial charge in [0, 0.05) is 16.3 Å². The summed E-state index contributed by atoms with van der Waals surface area (Å²) in [6.45, 7) is 1.02. The third-order valence-electron chi connectivity index (χ3n) is 3.58. The summed E-state index contributed by atoms with van der Waals surface area (Å²) in [6, 6.07) is 14.1. The highest BCUT2D eigenvalue weighted by atomic mass is 35.5. The van der Waals surface area contributed by atoms with E-state index in [1.165, 1.54) is 20.9 Å². The van der Waals surface area contributed by atoms with Gasteiger partial charge in [0.1, 0.15) is 5.75 Å². The average molecular weight is 334 g/mol. The highest BCUT2D eigenvalue weighted by molar-refractivity contribution is 7.99. The highest BCUT2D eigenvalue weighted by Crippen LogP contribution is 2.46. The molecule has 0 saturated carbocycles. The largest absolute Gasteiger partial charge is 0.508 e. The van der Waals surface area contributed by atoms with Crippen LogP contribution in [0, 0.1) is 0 Å². The Kier molecular flexibility index (Phi) is 5.57. The van der Waals surface area contributed by atoms with E-state index in [9.17, 15) is 5.11 Å². The first-order valence-electron chi connectivity index (χ1n) is 7.10. The Morgan fingerprint density at radius 1 is 1.05 bits per heavy atom. The Bertz CT molecular complexity index is 697. The second kappa shape index (κ2) is 7.23. The molecule has 1 aliphatic rings. The second-order valence-electron chi connectivity index (χ2n) is 5.49. The number of benzene rings is 2. The first-order chi connectivity index (χ1) is 10.1. The van der Waals surface area contributed by atoms with Gasteiger partial charge in [-0.3, -0.25) is 0 Å². The number of hydrogen-bond donors (Lipinski definition) is 1. The SMILES string of the molecule is CN(C)CC/C=C1\c2ccccc2Sc2ccc(O)cc21.Cl. The van der Waals surface area contributed by atoms with Gasteiger partial charge < -0.3 is 10.0 Å². The molecule has 1 aliphatic heterocycles. The molecule has 0 saturated heterocycles. The Balaban J connectivity index is 0.00000176. The van der Waals surface area contributed by atoms with E-state index < -0.39 is 0 Å². The van der Waals surface area contributed by atoms with Crippen LogP contribution in [0.25, 0.3) is 5.57 Å².